The van der Waals surface area contributed by atoms with Gasteiger partial charge in [-0.3, -0.25) is 0 Å². The van der Waals surface area contributed by atoms with Crippen molar-refractivity contribution in [3.8, 4) is 0 Å². The van der Waals surface area contributed by atoms with E-state index in [0.29, 0.717) is 11.3 Å². The van der Waals surface area contributed by atoms with Crippen molar-refractivity contribution < 1.29 is 0 Å². The first-order chi connectivity index (χ1) is 7.13. The first-order valence-electron chi connectivity index (χ1n) is 5.14. The van der Waals surface area contributed by atoms with E-state index < -0.39 is 0 Å². The Labute approximate surface area is 95.0 Å². The molecule has 1 heterocycles. The Morgan fingerprint density at radius 2 is 2.13 bits per heavy atom. The molecule has 1 aromatic rings. The van der Waals surface area contributed by atoms with Gasteiger partial charge >= 0.3 is 0 Å². The van der Waals surface area contributed by atoms with E-state index in [2.05, 4.69) is 47.9 Å². The fourth-order valence-electron chi connectivity index (χ4n) is 1.11. The van der Waals surface area contributed by atoms with Crippen LogP contribution in [0.2, 0.25) is 0 Å². The Balaban J connectivity index is 2.53. The van der Waals surface area contributed by atoms with Crippen LogP contribution in [0.25, 0.3) is 0 Å². The molecule has 1 unspecified atom stereocenters. The Morgan fingerprint density at radius 3 is 2.73 bits per heavy atom. The highest BCUT2D eigenvalue weighted by molar-refractivity contribution is 7.99. The van der Waals surface area contributed by atoms with Gasteiger partial charge in [0.25, 0.3) is 0 Å². The smallest absolute Gasteiger partial charge is 0.165 e. The number of aromatic nitrogens is 4. The van der Waals surface area contributed by atoms with E-state index >= 15 is 0 Å². The number of thioether (sulfide) groups is 1. The second kappa shape index (κ2) is 6.07. The highest BCUT2D eigenvalue weighted by Gasteiger charge is 2.09. The molecule has 86 valence electrons. The molecule has 0 aliphatic carbocycles. The monoisotopic (exact) mass is 229 g/mol. The van der Waals surface area contributed by atoms with Gasteiger partial charge in [-0.15, -0.1) is 5.10 Å². The van der Waals surface area contributed by atoms with E-state index in [4.69, 9.17) is 0 Å². The van der Waals surface area contributed by atoms with Crippen LogP contribution < -0.4 is 5.32 Å². The molecular formula is C9H19N5S. The highest BCUT2D eigenvalue weighted by atomic mass is 32.2. The third-order valence-electron chi connectivity index (χ3n) is 2.11. The number of hydrogen-bond acceptors (Lipinski definition) is 5. The molecule has 0 radical (unpaired) electrons. The van der Waals surface area contributed by atoms with Crippen LogP contribution in [0.1, 0.15) is 26.6 Å². The molecule has 15 heavy (non-hydrogen) atoms. The quantitative estimate of drug-likeness (QED) is 0.786. The summed E-state index contributed by atoms with van der Waals surface area (Å²) in [4.78, 5) is 0. The fourth-order valence-corrected chi connectivity index (χ4v) is 1.40. The van der Waals surface area contributed by atoms with Gasteiger partial charge in [-0.05, 0) is 16.7 Å². The zero-order valence-electron chi connectivity index (χ0n) is 9.77. The molecule has 0 fully saturated rings. The second-order valence-corrected chi connectivity index (χ2v) is 5.14. The predicted octanol–water partition coefficient (Wildman–Crippen LogP) is 0.923. The lowest BCUT2D eigenvalue weighted by molar-refractivity contribution is 0.516. The molecule has 1 aromatic heterocycles. The molecule has 0 aromatic carbocycles. The van der Waals surface area contributed by atoms with E-state index in [1.54, 1.807) is 0 Å². The molecule has 0 amide bonds. The molecule has 0 aliphatic heterocycles. The van der Waals surface area contributed by atoms with Gasteiger partial charge in [0.05, 0.1) is 13.1 Å². The molecule has 0 aliphatic rings. The van der Waals surface area contributed by atoms with Crippen molar-refractivity contribution in [2.24, 2.45) is 0 Å². The van der Waals surface area contributed by atoms with Crippen LogP contribution in [0.4, 0.5) is 0 Å². The minimum Gasteiger partial charge on any atom is -0.308 e. The van der Waals surface area contributed by atoms with Crippen molar-refractivity contribution in [1.29, 1.82) is 0 Å². The minimum atomic E-state index is 0.452. The summed E-state index contributed by atoms with van der Waals surface area (Å²) < 4.78 is 1.87. The normalized spacial score (nSPS) is 13.4. The summed E-state index contributed by atoms with van der Waals surface area (Å²) in [5.41, 5.74) is 0. The SMILES string of the molecule is CSC(C)Cn1nnnc1CNC(C)C. The van der Waals surface area contributed by atoms with E-state index in [1.165, 1.54) is 0 Å². The largest absolute Gasteiger partial charge is 0.308 e. The van der Waals surface area contributed by atoms with E-state index in [0.717, 1.165) is 18.9 Å². The number of nitrogens with zero attached hydrogens (tertiary/aromatic N) is 4. The van der Waals surface area contributed by atoms with Crippen LogP contribution in [-0.4, -0.2) is 37.8 Å². The topological polar surface area (TPSA) is 55.6 Å². The zero-order chi connectivity index (χ0) is 11.3. The van der Waals surface area contributed by atoms with Crippen LogP contribution >= 0.6 is 11.8 Å². The third kappa shape index (κ3) is 4.17. The molecule has 6 heteroatoms. The van der Waals surface area contributed by atoms with E-state index in [9.17, 15) is 0 Å². The van der Waals surface area contributed by atoms with Gasteiger partial charge < -0.3 is 5.32 Å². The number of rotatable bonds is 6. The van der Waals surface area contributed by atoms with Crippen LogP contribution in [0, 0.1) is 0 Å². The van der Waals surface area contributed by atoms with E-state index in [1.807, 2.05) is 16.4 Å². The summed E-state index contributed by atoms with van der Waals surface area (Å²) in [5, 5.41) is 15.5. The first kappa shape index (κ1) is 12.4. The summed E-state index contributed by atoms with van der Waals surface area (Å²) >= 11 is 1.82. The van der Waals surface area contributed by atoms with Crippen molar-refractivity contribution in [1.82, 2.24) is 25.5 Å². The van der Waals surface area contributed by atoms with Gasteiger partial charge in [-0.2, -0.15) is 11.8 Å². The van der Waals surface area contributed by atoms with Crippen molar-refractivity contribution in [2.75, 3.05) is 6.26 Å². The van der Waals surface area contributed by atoms with E-state index in [-0.39, 0.29) is 0 Å². The Hall–Kier alpha value is -0.620. The van der Waals surface area contributed by atoms with Crippen LogP contribution in [0.3, 0.4) is 0 Å². The van der Waals surface area contributed by atoms with Crippen molar-refractivity contribution in [3.63, 3.8) is 0 Å². The predicted molar refractivity (Wildman–Crippen MR) is 62.8 cm³/mol. The van der Waals surface area contributed by atoms with Crippen molar-refractivity contribution in [3.05, 3.63) is 5.82 Å². The molecule has 0 spiro atoms. The lowest BCUT2D eigenvalue weighted by Gasteiger charge is -2.11. The number of hydrogen-bond donors (Lipinski definition) is 1. The zero-order valence-corrected chi connectivity index (χ0v) is 10.6. The fraction of sp³-hybridized carbons (Fsp3) is 0.889. The first-order valence-corrected chi connectivity index (χ1v) is 6.43. The third-order valence-corrected chi connectivity index (χ3v) is 3.06. The molecular weight excluding hydrogens is 210 g/mol. The van der Waals surface area contributed by atoms with Crippen LogP contribution in [-0.2, 0) is 13.1 Å². The Morgan fingerprint density at radius 1 is 1.40 bits per heavy atom. The lowest BCUT2D eigenvalue weighted by atomic mass is 10.4. The van der Waals surface area contributed by atoms with Crippen LogP contribution in [0.5, 0.6) is 0 Å². The average Bonchev–Trinajstić information content (AvgIpc) is 2.62. The molecule has 0 saturated carbocycles. The summed E-state index contributed by atoms with van der Waals surface area (Å²) in [7, 11) is 0. The van der Waals surface area contributed by atoms with Gasteiger partial charge in [0, 0.05) is 11.3 Å². The summed E-state index contributed by atoms with van der Waals surface area (Å²) in [6, 6.07) is 0.452. The van der Waals surface area contributed by atoms with Crippen LogP contribution in [0.15, 0.2) is 0 Å². The Kier molecular flexibility index (Phi) is 5.04. The molecule has 5 nitrogen and oxygen atoms in total. The molecule has 1 N–H and O–H groups in total. The van der Waals surface area contributed by atoms with Crippen molar-refractivity contribution >= 4 is 11.8 Å². The molecule has 0 bridgehead atoms. The maximum atomic E-state index is 4.01. The van der Waals surface area contributed by atoms with Gasteiger partial charge in [-0.1, -0.05) is 20.8 Å². The average molecular weight is 229 g/mol. The number of tetrazole rings is 1. The summed E-state index contributed by atoms with van der Waals surface area (Å²) in [6.45, 7) is 7.98. The minimum absolute atomic E-state index is 0.452. The van der Waals surface area contributed by atoms with Gasteiger partial charge in [0.1, 0.15) is 0 Å². The number of nitrogens with one attached hydrogen (secondary N) is 1. The summed E-state index contributed by atoms with van der Waals surface area (Å²) in [6.07, 6.45) is 2.10. The summed E-state index contributed by atoms with van der Waals surface area (Å²) in [5.74, 6) is 0.907. The van der Waals surface area contributed by atoms with Gasteiger partial charge in [0.2, 0.25) is 0 Å². The Bertz CT molecular complexity index is 286. The second-order valence-electron chi connectivity index (χ2n) is 3.86. The van der Waals surface area contributed by atoms with Gasteiger partial charge in [-0.25, -0.2) is 4.68 Å². The molecule has 0 saturated heterocycles. The maximum absolute atomic E-state index is 4.01. The molecule has 1 atom stereocenters. The van der Waals surface area contributed by atoms with Gasteiger partial charge in [0.15, 0.2) is 5.82 Å². The maximum Gasteiger partial charge on any atom is 0.165 e. The highest BCUT2D eigenvalue weighted by Crippen LogP contribution is 2.07. The molecule has 1 rings (SSSR count). The van der Waals surface area contributed by atoms with Crippen molar-refractivity contribution in [2.45, 2.75) is 45.2 Å². The standard InChI is InChI=1S/C9H19N5S/c1-7(2)10-5-9-11-12-13-14(9)6-8(3)15-4/h7-8,10H,5-6H2,1-4H3. The lowest BCUT2D eigenvalue weighted by Crippen LogP contribution is -2.25.